The van der Waals surface area contributed by atoms with Gasteiger partial charge >= 0.3 is 0 Å². The molecule has 0 atom stereocenters. The molecule has 0 bridgehead atoms. The van der Waals surface area contributed by atoms with E-state index < -0.39 is 0 Å². The molecule has 0 aliphatic rings. The Morgan fingerprint density at radius 1 is 0.389 bits per heavy atom. The molecule has 6 rings (SSSR count). The molecule has 0 saturated heterocycles. The van der Waals surface area contributed by atoms with E-state index in [0.717, 1.165) is 135 Å². The largest absolute Gasteiger partial charge is 0.497 e. The molecule has 0 amide bonds. The first kappa shape index (κ1) is 58.4. The number of nitrogen functional groups attached to an aromatic ring is 2. The number of terminal acetylenes is 1. The molecule has 4 nitrogen and oxygen atoms in total. The molecule has 0 heterocycles. The van der Waals surface area contributed by atoms with Gasteiger partial charge in [0.05, 0.1) is 14.2 Å². The molecule has 5 heteroatoms. The van der Waals surface area contributed by atoms with Crippen LogP contribution in [0.4, 0.5) is 11.4 Å². The van der Waals surface area contributed by atoms with Crippen LogP contribution < -0.4 is 20.9 Å². The molecule has 0 aliphatic heterocycles. The summed E-state index contributed by atoms with van der Waals surface area (Å²) in [5.74, 6) is 37.4. The van der Waals surface area contributed by atoms with Gasteiger partial charge in [0.2, 0.25) is 0 Å². The average Bonchev–Trinajstić information content (AvgIpc) is 3.40. The summed E-state index contributed by atoms with van der Waals surface area (Å²) in [5.41, 5.74) is 24.2. The minimum Gasteiger partial charge on any atom is -0.497 e. The van der Waals surface area contributed by atoms with Crippen molar-refractivity contribution >= 4 is 34.0 Å². The standard InChI is InChI=1S/C33H31NO.C26H25N.C7H7IO.CH4/c1-4-6-30(31(7-5-2)21-15-29-16-22-32(34)23-17-29)20-14-27-11-8-26(9-12-27)10-13-28-18-24-33(35-3)25-19-28;1-4-7-24(17-13-22-11-9-21(6-3)10-12-22)25(8-5-2)18-14-23-15-19-26(27)20-16-23;1-9-7-4-2-6(8)3-5-7;/h8-9,11-12,16-19,22-25H,4-7,34H2,1-3H3;3,9-12,15-16,19-20H,4-5,7-8,27H2,1-2H3;2-5H,1H3;1H4/b31-30+;25-24+;;. The zero-order chi connectivity index (χ0) is 51.1. The first-order chi connectivity index (χ1) is 34.6. The van der Waals surface area contributed by atoms with E-state index in [0.29, 0.717) is 0 Å². The van der Waals surface area contributed by atoms with Gasteiger partial charge in [-0.3, -0.25) is 0 Å². The second-order valence-corrected chi connectivity index (χ2v) is 17.3. The third kappa shape index (κ3) is 21.8. The van der Waals surface area contributed by atoms with Crippen molar-refractivity contribution in [2.45, 2.75) is 86.5 Å². The molecule has 72 heavy (non-hydrogen) atoms. The van der Waals surface area contributed by atoms with E-state index in [4.69, 9.17) is 27.4 Å². The minimum atomic E-state index is 0. The van der Waals surface area contributed by atoms with Crippen molar-refractivity contribution in [3.05, 3.63) is 210 Å². The summed E-state index contributed by atoms with van der Waals surface area (Å²) in [6.07, 6.45) is 13.3. The van der Waals surface area contributed by atoms with Gasteiger partial charge in [0.25, 0.3) is 0 Å². The third-order valence-electron chi connectivity index (χ3n) is 10.4. The maximum Gasteiger partial charge on any atom is 0.118 e. The lowest BCUT2D eigenvalue weighted by Crippen LogP contribution is -1.90. The first-order valence-corrected chi connectivity index (χ1v) is 25.0. The van der Waals surface area contributed by atoms with Gasteiger partial charge in [-0.05, 0) is 194 Å². The highest BCUT2D eigenvalue weighted by molar-refractivity contribution is 14.1. The van der Waals surface area contributed by atoms with Crippen molar-refractivity contribution in [3.63, 3.8) is 0 Å². The summed E-state index contributed by atoms with van der Waals surface area (Å²) >= 11 is 2.26. The van der Waals surface area contributed by atoms with Crippen molar-refractivity contribution in [2.24, 2.45) is 0 Å². The lowest BCUT2D eigenvalue weighted by Gasteiger charge is -2.04. The topological polar surface area (TPSA) is 70.5 Å². The first-order valence-electron chi connectivity index (χ1n) is 24.0. The number of methoxy groups -OCH3 is 2. The molecule has 0 fully saturated rings. The zero-order valence-electron chi connectivity index (χ0n) is 41.9. The minimum absolute atomic E-state index is 0. The number of hydrogen-bond acceptors (Lipinski definition) is 4. The van der Waals surface area contributed by atoms with Crippen LogP contribution in [0.25, 0.3) is 0 Å². The zero-order valence-corrected chi connectivity index (χ0v) is 44.1. The summed E-state index contributed by atoms with van der Waals surface area (Å²) in [5, 5.41) is 0. The second-order valence-electron chi connectivity index (χ2n) is 16.1. The van der Waals surface area contributed by atoms with E-state index in [1.165, 1.54) is 3.57 Å². The summed E-state index contributed by atoms with van der Waals surface area (Å²) in [6, 6.07) is 46.8. The Labute approximate surface area is 446 Å². The van der Waals surface area contributed by atoms with Crippen LogP contribution in [-0.4, -0.2) is 14.2 Å². The molecule has 6 aromatic carbocycles. The van der Waals surface area contributed by atoms with E-state index in [1.807, 2.05) is 146 Å². The molecule has 0 radical (unpaired) electrons. The van der Waals surface area contributed by atoms with Gasteiger partial charge in [-0.1, -0.05) is 126 Å². The average molecular weight is 1060 g/mol. The molecule has 364 valence electrons. The molecule has 4 N–H and O–H groups in total. The number of benzene rings is 6. The van der Waals surface area contributed by atoms with E-state index in [9.17, 15) is 0 Å². The lowest BCUT2D eigenvalue weighted by atomic mass is 9.99. The van der Waals surface area contributed by atoms with Crippen molar-refractivity contribution in [2.75, 3.05) is 25.7 Å². The fraction of sp³-hybridized carbons (Fsp3) is 0.224. The fourth-order valence-corrected chi connectivity index (χ4v) is 6.91. The lowest BCUT2D eigenvalue weighted by molar-refractivity contribution is 0.414. The Morgan fingerprint density at radius 2 is 0.625 bits per heavy atom. The summed E-state index contributed by atoms with van der Waals surface area (Å²) in [7, 11) is 3.33. The smallest absolute Gasteiger partial charge is 0.118 e. The summed E-state index contributed by atoms with van der Waals surface area (Å²) in [6.45, 7) is 8.68. The second kappa shape index (κ2) is 33.6. The Balaban J connectivity index is 0.000000327. The van der Waals surface area contributed by atoms with Crippen molar-refractivity contribution in [3.8, 4) is 83.0 Å². The van der Waals surface area contributed by atoms with E-state index in [1.54, 1.807) is 14.2 Å². The third-order valence-corrected chi connectivity index (χ3v) is 11.1. The van der Waals surface area contributed by atoms with Crippen LogP contribution in [-0.2, 0) is 0 Å². The predicted molar refractivity (Wildman–Crippen MR) is 315 cm³/mol. The molecule has 0 spiro atoms. The van der Waals surface area contributed by atoms with Gasteiger partial charge < -0.3 is 20.9 Å². The van der Waals surface area contributed by atoms with Gasteiger partial charge in [-0.25, -0.2) is 0 Å². The van der Waals surface area contributed by atoms with Crippen molar-refractivity contribution in [1.82, 2.24) is 0 Å². The number of allylic oxidation sites excluding steroid dienone is 4. The number of hydrogen-bond donors (Lipinski definition) is 2. The Hall–Kier alpha value is -7.91. The molecular weight excluding hydrogens is 992 g/mol. The fourth-order valence-electron chi connectivity index (χ4n) is 6.55. The number of halogens is 1. The molecule has 6 aromatic rings. The van der Waals surface area contributed by atoms with E-state index >= 15 is 0 Å². The van der Waals surface area contributed by atoms with Crippen LogP contribution in [0.5, 0.6) is 11.5 Å². The van der Waals surface area contributed by atoms with Crippen LogP contribution in [0.3, 0.4) is 0 Å². The maximum atomic E-state index is 5.79. The molecular formula is C67H67IN2O2. The van der Waals surface area contributed by atoms with Crippen molar-refractivity contribution < 1.29 is 9.47 Å². The maximum absolute atomic E-state index is 5.79. The number of ether oxygens (including phenoxy) is 2. The molecule has 0 saturated carbocycles. The quantitative estimate of drug-likeness (QED) is 0.0815. The van der Waals surface area contributed by atoms with Gasteiger partial charge in [-0.2, -0.15) is 0 Å². The monoisotopic (exact) mass is 1060 g/mol. The van der Waals surface area contributed by atoms with Crippen LogP contribution >= 0.6 is 22.6 Å². The van der Waals surface area contributed by atoms with E-state index in [-0.39, 0.29) is 7.43 Å². The Bertz CT molecular complexity index is 3040. The molecule has 0 unspecified atom stereocenters. The normalized spacial score (nSPS) is 10.2. The summed E-state index contributed by atoms with van der Waals surface area (Å²) < 4.78 is 11.4. The van der Waals surface area contributed by atoms with E-state index in [2.05, 4.69) is 115 Å². The highest BCUT2D eigenvalue weighted by Gasteiger charge is 2.04. The van der Waals surface area contributed by atoms with Gasteiger partial charge in [-0.15, -0.1) is 6.42 Å². The van der Waals surface area contributed by atoms with Crippen LogP contribution in [0, 0.1) is 75.1 Å². The molecule has 0 aliphatic carbocycles. The van der Waals surface area contributed by atoms with Crippen LogP contribution in [0.15, 0.2) is 168 Å². The number of rotatable bonds is 10. The highest BCUT2D eigenvalue weighted by atomic mass is 127. The SMILES string of the molecule is C.C#Cc1ccc(C#C/C(CCC)=C(/C#Cc2ccc(N)cc2)CCC)cc1.CCC/C(C#Cc1ccc(N)cc1)=C(\C#Cc1ccc(C#Cc2ccc(OC)cc2)cc1)CCC.COc1ccc(I)cc1. The predicted octanol–water partition coefficient (Wildman–Crippen LogP) is 15.5. The summed E-state index contributed by atoms with van der Waals surface area (Å²) in [4.78, 5) is 0. The number of nitrogens with two attached hydrogens (primary N) is 2. The van der Waals surface area contributed by atoms with Crippen LogP contribution in [0.2, 0.25) is 0 Å². The van der Waals surface area contributed by atoms with Crippen LogP contribution in [0.1, 0.15) is 125 Å². The number of anilines is 2. The van der Waals surface area contributed by atoms with Crippen molar-refractivity contribution in [1.29, 1.82) is 0 Å². The van der Waals surface area contributed by atoms with Gasteiger partial charge in [0.15, 0.2) is 0 Å². The Kier molecular flexibility index (Phi) is 27.2. The highest BCUT2D eigenvalue weighted by Crippen LogP contribution is 2.19. The Morgan fingerprint density at radius 3 is 0.889 bits per heavy atom. The molecule has 0 aromatic heterocycles. The van der Waals surface area contributed by atoms with Gasteiger partial charge in [0, 0.05) is 76.2 Å². The van der Waals surface area contributed by atoms with Gasteiger partial charge in [0.1, 0.15) is 11.5 Å².